The van der Waals surface area contributed by atoms with Crippen molar-refractivity contribution in [3.05, 3.63) is 11.4 Å². The van der Waals surface area contributed by atoms with Crippen molar-refractivity contribution in [2.24, 2.45) is 24.3 Å². The van der Waals surface area contributed by atoms with Crippen molar-refractivity contribution in [3.8, 4) is 0 Å². The first kappa shape index (κ1) is 17.8. The number of nitrogens with zero attached hydrogens (tertiary/aromatic N) is 2. The van der Waals surface area contributed by atoms with Crippen LogP contribution in [0.1, 0.15) is 49.9 Å². The minimum atomic E-state index is -0.480. The molecular formula is C19H26ClN3O3. The van der Waals surface area contributed by atoms with E-state index in [2.05, 4.69) is 10.4 Å². The molecule has 0 spiro atoms. The van der Waals surface area contributed by atoms with Crippen LogP contribution in [0.4, 0.5) is 5.69 Å². The van der Waals surface area contributed by atoms with Crippen molar-refractivity contribution in [1.29, 1.82) is 0 Å². The SMILES string of the molecule is Cc1nn(C)c(C)c1NC(=O)COC(=O)C12C[C@@H]3C[C@@H](CC(Cl)(C3)C1)C2. The van der Waals surface area contributed by atoms with Gasteiger partial charge in [-0.3, -0.25) is 14.3 Å². The molecule has 4 fully saturated rings. The highest BCUT2D eigenvalue weighted by Gasteiger charge is 2.60. The molecule has 142 valence electrons. The first-order valence-electron chi connectivity index (χ1n) is 9.36. The number of nitrogens with one attached hydrogen (secondary N) is 1. The standard InChI is InChI=1S/C19H26ClN3O3/c1-11-16(12(2)23(3)22-11)21-15(24)9-26-17(25)18-5-13-4-14(6-18)8-19(20,7-13)10-18/h13-14H,4-10H2,1-3H3,(H,21,24)/t13-,14+,18?,19?. The maximum Gasteiger partial charge on any atom is 0.312 e. The molecule has 4 bridgehead atoms. The third kappa shape index (κ3) is 2.92. The number of esters is 1. The van der Waals surface area contributed by atoms with E-state index in [-0.39, 0.29) is 23.4 Å². The number of aromatic nitrogens is 2. The van der Waals surface area contributed by atoms with Crippen LogP contribution >= 0.6 is 11.6 Å². The number of carbonyl (C=O) groups excluding carboxylic acids is 2. The van der Waals surface area contributed by atoms with E-state index in [0.29, 0.717) is 23.9 Å². The van der Waals surface area contributed by atoms with Crippen LogP contribution in [0.15, 0.2) is 0 Å². The van der Waals surface area contributed by atoms with Gasteiger partial charge in [0.15, 0.2) is 6.61 Å². The highest BCUT2D eigenvalue weighted by Crippen LogP contribution is 2.64. The number of hydrogen-bond donors (Lipinski definition) is 1. The lowest BCUT2D eigenvalue weighted by Crippen LogP contribution is -2.56. The third-order valence-electron chi connectivity index (χ3n) is 6.53. The summed E-state index contributed by atoms with van der Waals surface area (Å²) in [5.41, 5.74) is 1.82. The van der Waals surface area contributed by atoms with Gasteiger partial charge in [-0.15, -0.1) is 11.6 Å². The average molecular weight is 380 g/mol. The lowest BCUT2D eigenvalue weighted by Gasteiger charge is -2.58. The molecule has 4 atom stereocenters. The fourth-order valence-corrected chi connectivity index (χ4v) is 6.50. The molecule has 0 radical (unpaired) electrons. The van der Waals surface area contributed by atoms with Crippen LogP contribution in [-0.4, -0.2) is 33.1 Å². The maximum absolute atomic E-state index is 12.9. The number of rotatable bonds is 4. The van der Waals surface area contributed by atoms with Gasteiger partial charge >= 0.3 is 5.97 Å². The molecule has 4 saturated carbocycles. The molecule has 1 aromatic heterocycles. The maximum atomic E-state index is 12.9. The second-order valence-corrected chi connectivity index (χ2v) is 9.49. The van der Waals surface area contributed by atoms with E-state index < -0.39 is 5.41 Å². The fraction of sp³-hybridized carbons (Fsp3) is 0.737. The Hall–Kier alpha value is -1.56. The Labute approximate surface area is 158 Å². The van der Waals surface area contributed by atoms with Crippen molar-refractivity contribution < 1.29 is 14.3 Å². The summed E-state index contributed by atoms with van der Waals surface area (Å²) in [6, 6.07) is 0. The molecule has 1 N–H and O–H groups in total. The van der Waals surface area contributed by atoms with E-state index in [1.807, 2.05) is 20.9 Å². The van der Waals surface area contributed by atoms with Crippen molar-refractivity contribution in [1.82, 2.24) is 9.78 Å². The van der Waals surface area contributed by atoms with E-state index >= 15 is 0 Å². The summed E-state index contributed by atoms with van der Waals surface area (Å²) >= 11 is 6.78. The molecule has 1 heterocycles. The third-order valence-corrected chi connectivity index (χ3v) is 6.97. The van der Waals surface area contributed by atoms with Crippen LogP contribution in [0.3, 0.4) is 0 Å². The minimum absolute atomic E-state index is 0.241. The van der Waals surface area contributed by atoms with Gasteiger partial charge < -0.3 is 10.1 Å². The van der Waals surface area contributed by atoms with Gasteiger partial charge in [0.05, 0.1) is 22.5 Å². The van der Waals surface area contributed by atoms with Crippen LogP contribution in [0.25, 0.3) is 0 Å². The monoisotopic (exact) mass is 379 g/mol. The molecule has 0 aromatic carbocycles. The van der Waals surface area contributed by atoms with Crippen LogP contribution in [0.5, 0.6) is 0 Å². The zero-order valence-electron chi connectivity index (χ0n) is 15.6. The normalized spacial score (nSPS) is 34.8. The molecule has 4 aliphatic carbocycles. The number of ether oxygens (including phenoxy) is 1. The van der Waals surface area contributed by atoms with Gasteiger partial charge in [-0.25, -0.2) is 0 Å². The van der Waals surface area contributed by atoms with Crippen molar-refractivity contribution in [2.45, 2.75) is 57.2 Å². The van der Waals surface area contributed by atoms with E-state index in [9.17, 15) is 9.59 Å². The second-order valence-electron chi connectivity index (χ2n) is 8.69. The van der Waals surface area contributed by atoms with Gasteiger partial charge in [0, 0.05) is 11.9 Å². The summed E-state index contributed by atoms with van der Waals surface area (Å²) in [7, 11) is 1.83. The van der Waals surface area contributed by atoms with Gasteiger partial charge in [-0.1, -0.05) is 0 Å². The van der Waals surface area contributed by atoms with Gasteiger partial charge in [-0.2, -0.15) is 5.10 Å². The van der Waals surface area contributed by atoms with Gasteiger partial charge in [0.25, 0.3) is 5.91 Å². The predicted molar refractivity (Wildman–Crippen MR) is 98.0 cm³/mol. The Kier molecular flexibility index (Phi) is 4.10. The molecule has 1 aromatic rings. The molecule has 5 rings (SSSR count). The zero-order chi connectivity index (χ0) is 18.7. The van der Waals surface area contributed by atoms with Gasteiger partial charge in [-0.05, 0) is 64.2 Å². The van der Waals surface area contributed by atoms with Gasteiger partial charge in [0.1, 0.15) is 0 Å². The number of anilines is 1. The van der Waals surface area contributed by atoms with Crippen LogP contribution in [-0.2, 0) is 21.4 Å². The molecule has 2 unspecified atom stereocenters. The highest BCUT2D eigenvalue weighted by molar-refractivity contribution is 6.24. The molecular weight excluding hydrogens is 354 g/mol. The van der Waals surface area contributed by atoms with E-state index in [0.717, 1.165) is 37.1 Å². The van der Waals surface area contributed by atoms with Crippen LogP contribution in [0.2, 0.25) is 0 Å². The fourth-order valence-electron chi connectivity index (χ4n) is 5.80. The summed E-state index contributed by atoms with van der Waals surface area (Å²) in [5.74, 6) is 0.473. The average Bonchev–Trinajstić information content (AvgIpc) is 2.76. The summed E-state index contributed by atoms with van der Waals surface area (Å²) in [6.07, 6.45) is 5.62. The number of aryl methyl sites for hydroxylation is 2. The Morgan fingerprint density at radius 1 is 1.27 bits per heavy atom. The molecule has 6 nitrogen and oxygen atoms in total. The Morgan fingerprint density at radius 2 is 1.92 bits per heavy atom. The van der Waals surface area contributed by atoms with Crippen LogP contribution < -0.4 is 5.32 Å². The topological polar surface area (TPSA) is 73.2 Å². The lowest BCUT2D eigenvalue weighted by molar-refractivity contribution is -0.171. The Bertz CT molecular complexity index is 758. The Balaban J connectivity index is 1.39. The molecule has 4 aliphatic rings. The number of hydrogen-bond acceptors (Lipinski definition) is 4. The Morgan fingerprint density at radius 3 is 2.46 bits per heavy atom. The molecule has 0 saturated heterocycles. The lowest BCUT2D eigenvalue weighted by atomic mass is 9.49. The second kappa shape index (κ2) is 5.98. The van der Waals surface area contributed by atoms with Crippen molar-refractivity contribution in [3.63, 3.8) is 0 Å². The number of alkyl halides is 1. The highest BCUT2D eigenvalue weighted by atomic mass is 35.5. The van der Waals surface area contributed by atoms with E-state index in [1.165, 1.54) is 6.42 Å². The summed E-state index contributed by atoms with van der Waals surface area (Å²) < 4.78 is 7.17. The first-order chi connectivity index (χ1) is 12.2. The summed E-state index contributed by atoms with van der Waals surface area (Å²) in [4.78, 5) is 24.9. The molecule has 26 heavy (non-hydrogen) atoms. The number of carbonyl (C=O) groups is 2. The molecule has 0 aliphatic heterocycles. The molecule has 7 heteroatoms. The molecule has 1 amide bonds. The van der Waals surface area contributed by atoms with Crippen molar-refractivity contribution in [2.75, 3.05) is 11.9 Å². The van der Waals surface area contributed by atoms with E-state index in [4.69, 9.17) is 16.3 Å². The zero-order valence-corrected chi connectivity index (χ0v) is 16.4. The summed E-state index contributed by atoms with van der Waals surface area (Å²) in [6.45, 7) is 3.46. The smallest absolute Gasteiger partial charge is 0.312 e. The predicted octanol–water partition coefficient (Wildman–Crippen LogP) is 3.10. The van der Waals surface area contributed by atoms with Crippen molar-refractivity contribution >= 4 is 29.2 Å². The van der Waals surface area contributed by atoms with Gasteiger partial charge in [0.2, 0.25) is 0 Å². The largest absolute Gasteiger partial charge is 0.455 e. The number of halogens is 1. The minimum Gasteiger partial charge on any atom is -0.455 e. The first-order valence-corrected chi connectivity index (χ1v) is 9.74. The van der Waals surface area contributed by atoms with E-state index in [1.54, 1.807) is 4.68 Å². The number of amides is 1. The van der Waals surface area contributed by atoms with Crippen LogP contribution in [0, 0.1) is 31.1 Å². The quantitative estimate of drug-likeness (QED) is 0.644. The summed E-state index contributed by atoms with van der Waals surface area (Å²) in [5, 5.41) is 7.08.